The standard InChI is InChI=1S/C17H22FN3O2/c18-14-3-1-2-4-15(14)20-16(22)11-21-9-7-12(8-10-21)17(23)19-13-5-6-13/h1-4,12-13H,5-11H2,(H,19,23)(H,20,22). The van der Waals surface area contributed by atoms with E-state index in [1.165, 1.54) is 6.07 Å². The highest BCUT2D eigenvalue weighted by molar-refractivity contribution is 5.92. The monoisotopic (exact) mass is 319 g/mol. The molecule has 1 saturated carbocycles. The van der Waals surface area contributed by atoms with Gasteiger partial charge in [0.05, 0.1) is 12.2 Å². The summed E-state index contributed by atoms with van der Waals surface area (Å²) in [7, 11) is 0. The van der Waals surface area contributed by atoms with E-state index in [-0.39, 0.29) is 30.0 Å². The second kappa shape index (κ2) is 7.08. The van der Waals surface area contributed by atoms with Crippen LogP contribution in [-0.2, 0) is 9.59 Å². The summed E-state index contributed by atoms with van der Waals surface area (Å²) in [4.78, 5) is 26.0. The summed E-state index contributed by atoms with van der Waals surface area (Å²) in [5.74, 6) is -0.447. The van der Waals surface area contributed by atoms with Crippen molar-refractivity contribution in [3.8, 4) is 0 Å². The van der Waals surface area contributed by atoms with Gasteiger partial charge in [0, 0.05) is 12.0 Å². The Balaban J connectivity index is 1.42. The summed E-state index contributed by atoms with van der Waals surface area (Å²) in [5.41, 5.74) is 0.205. The van der Waals surface area contributed by atoms with Gasteiger partial charge in [0.15, 0.2) is 0 Å². The third-order valence-corrected chi connectivity index (χ3v) is 4.40. The molecule has 1 aliphatic carbocycles. The molecule has 2 amide bonds. The summed E-state index contributed by atoms with van der Waals surface area (Å²) < 4.78 is 13.5. The van der Waals surface area contributed by atoms with E-state index in [9.17, 15) is 14.0 Å². The molecule has 3 rings (SSSR count). The lowest BCUT2D eigenvalue weighted by molar-refractivity contribution is -0.126. The van der Waals surface area contributed by atoms with Crippen LogP contribution in [0.2, 0.25) is 0 Å². The van der Waals surface area contributed by atoms with Crippen LogP contribution in [0.3, 0.4) is 0 Å². The van der Waals surface area contributed by atoms with Crippen LogP contribution >= 0.6 is 0 Å². The fourth-order valence-corrected chi connectivity index (χ4v) is 2.86. The summed E-state index contributed by atoms with van der Waals surface area (Å²) >= 11 is 0. The topological polar surface area (TPSA) is 61.4 Å². The number of benzene rings is 1. The maximum absolute atomic E-state index is 13.5. The van der Waals surface area contributed by atoms with Crippen molar-refractivity contribution in [3.63, 3.8) is 0 Å². The van der Waals surface area contributed by atoms with Crippen molar-refractivity contribution in [2.45, 2.75) is 31.7 Å². The molecule has 1 heterocycles. The number of piperidine rings is 1. The van der Waals surface area contributed by atoms with Gasteiger partial charge in [-0.05, 0) is 50.9 Å². The van der Waals surface area contributed by atoms with Gasteiger partial charge in [0.2, 0.25) is 11.8 Å². The Hall–Kier alpha value is -1.95. The fraction of sp³-hybridized carbons (Fsp3) is 0.529. The molecule has 2 aliphatic rings. The lowest BCUT2D eigenvalue weighted by Crippen LogP contribution is -2.43. The number of rotatable bonds is 5. The van der Waals surface area contributed by atoms with Gasteiger partial charge in [-0.3, -0.25) is 14.5 Å². The van der Waals surface area contributed by atoms with Gasteiger partial charge in [-0.25, -0.2) is 4.39 Å². The van der Waals surface area contributed by atoms with E-state index < -0.39 is 5.82 Å². The van der Waals surface area contributed by atoms with Crippen molar-refractivity contribution in [1.29, 1.82) is 0 Å². The molecule has 0 radical (unpaired) electrons. The first kappa shape index (κ1) is 15.9. The van der Waals surface area contributed by atoms with Gasteiger partial charge >= 0.3 is 0 Å². The average molecular weight is 319 g/mol. The largest absolute Gasteiger partial charge is 0.353 e. The molecule has 1 aromatic carbocycles. The second-order valence-electron chi connectivity index (χ2n) is 6.36. The van der Waals surface area contributed by atoms with Crippen molar-refractivity contribution in [2.75, 3.05) is 25.0 Å². The number of nitrogens with one attached hydrogen (secondary N) is 2. The van der Waals surface area contributed by atoms with E-state index in [2.05, 4.69) is 10.6 Å². The minimum Gasteiger partial charge on any atom is -0.353 e. The van der Waals surface area contributed by atoms with Crippen LogP contribution in [-0.4, -0.2) is 42.4 Å². The van der Waals surface area contributed by atoms with E-state index in [0.717, 1.165) is 25.7 Å². The molecule has 0 spiro atoms. The van der Waals surface area contributed by atoms with Crippen LogP contribution in [0.4, 0.5) is 10.1 Å². The molecule has 1 aliphatic heterocycles. The number of carbonyl (C=O) groups excluding carboxylic acids is 2. The number of anilines is 1. The highest BCUT2D eigenvalue weighted by atomic mass is 19.1. The molecular formula is C17H22FN3O2. The maximum Gasteiger partial charge on any atom is 0.238 e. The molecule has 1 saturated heterocycles. The Morgan fingerprint density at radius 2 is 1.83 bits per heavy atom. The van der Waals surface area contributed by atoms with E-state index >= 15 is 0 Å². The summed E-state index contributed by atoms with van der Waals surface area (Å²) in [6.45, 7) is 1.66. The molecule has 5 nitrogen and oxygen atoms in total. The maximum atomic E-state index is 13.5. The fourth-order valence-electron chi connectivity index (χ4n) is 2.86. The predicted molar refractivity (Wildman–Crippen MR) is 85.4 cm³/mol. The van der Waals surface area contributed by atoms with Crippen LogP contribution in [0.15, 0.2) is 24.3 Å². The van der Waals surface area contributed by atoms with Crippen molar-refractivity contribution in [2.24, 2.45) is 5.92 Å². The van der Waals surface area contributed by atoms with E-state index in [1.54, 1.807) is 18.2 Å². The normalized spacial score (nSPS) is 19.3. The van der Waals surface area contributed by atoms with E-state index in [1.807, 2.05) is 4.90 Å². The molecule has 2 N–H and O–H groups in total. The average Bonchev–Trinajstić information content (AvgIpc) is 3.34. The van der Waals surface area contributed by atoms with E-state index in [4.69, 9.17) is 0 Å². The van der Waals surface area contributed by atoms with Gasteiger partial charge in [-0.15, -0.1) is 0 Å². The molecule has 23 heavy (non-hydrogen) atoms. The van der Waals surface area contributed by atoms with Gasteiger partial charge in [-0.1, -0.05) is 12.1 Å². The summed E-state index contributed by atoms with van der Waals surface area (Å²) in [6, 6.07) is 6.53. The molecule has 1 aromatic rings. The predicted octanol–water partition coefficient (Wildman–Crippen LogP) is 1.75. The van der Waals surface area contributed by atoms with Crippen LogP contribution in [0.5, 0.6) is 0 Å². The number of amides is 2. The van der Waals surface area contributed by atoms with Crippen LogP contribution in [0.1, 0.15) is 25.7 Å². The zero-order valence-electron chi connectivity index (χ0n) is 13.1. The molecule has 124 valence electrons. The van der Waals surface area contributed by atoms with Crippen molar-refractivity contribution < 1.29 is 14.0 Å². The highest BCUT2D eigenvalue weighted by Crippen LogP contribution is 2.22. The number of halogens is 1. The molecule has 2 fully saturated rings. The Morgan fingerprint density at radius 1 is 1.13 bits per heavy atom. The van der Waals surface area contributed by atoms with Gasteiger partial charge < -0.3 is 10.6 Å². The number of likely N-dealkylation sites (tertiary alicyclic amines) is 1. The van der Waals surface area contributed by atoms with Gasteiger partial charge in [-0.2, -0.15) is 0 Å². The second-order valence-corrected chi connectivity index (χ2v) is 6.36. The lowest BCUT2D eigenvalue weighted by atomic mass is 9.96. The van der Waals surface area contributed by atoms with E-state index in [0.29, 0.717) is 19.1 Å². The summed E-state index contributed by atoms with van der Waals surface area (Å²) in [5, 5.41) is 5.63. The quantitative estimate of drug-likeness (QED) is 0.869. The number of nitrogens with zero attached hydrogens (tertiary/aromatic N) is 1. The summed E-state index contributed by atoms with van der Waals surface area (Å²) in [6.07, 6.45) is 3.73. The molecule has 0 atom stereocenters. The first-order chi connectivity index (χ1) is 11.1. The third-order valence-electron chi connectivity index (χ3n) is 4.40. The SMILES string of the molecule is O=C(CN1CCC(C(=O)NC2CC2)CC1)Nc1ccccc1F. The zero-order valence-corrected chi connectivity index (χ0v) is 13.1. The molecule has 0 unspecified atom stereocenters. The Labute approximate surface area is 135 Å². The molecule has 6 heteroatoms. The van der Waals surface area contributed by atoms with Crippen molar-refractivity contribution >= 4 is 17.5 Å². The van der Waals surface area contributed by atoms with Crippen LogP contribution < -0.4 is 10.6 Å². The van der Waals surface area contributed by atoms with Crippen LogP contribution in [0, 0.1) is 11.7 Å². The number of carbonyl (C=O) groups is 2. The zero-order chi connectivity index (χ0) is 16.2. The minimum atomic E-state index is -0.434. The van der Waals surface area contributed by atoms with Crippen LogP contribution in [0.25, 0.3) is 0 Å². The smallest absolute Gasteiger partial charge is 0.238 e. The Bertz CT molecular complexity index is 581. The number of para-hydroxylation sites is 1. The number of hydrogen-bond acceptors (Lipinski definition) is 3. The van der Waals surface area contributed by atoms with Crippen molar-refractivity contribution in [1.82, 2.24) is 10.2 Å². The first-order valence-corrected chi connectivity index (χ1v) is 8.19. The third kappa shape index (κ3) is 4.51. The Kier molecular flexibility index (Phi) is 4.91. The molecular weight excluding hydrogens is 297 g/mol. The molecule has 0 bridgehead atoms. The van der Waals surface area contributed by atoms with Gasteiger partial charge in [0.25, 0.3) is 0 Å². The molecule has 0 aromatic heterocycles. The first-order valence-electron chi connectivity index (χ1n) is 8.19. The highest BCUT2D eigenvalue weighted by Gasteiger charge is 2.30. The number of hydrogen-bond donors (Lipinski definition) is 2. The minimum absolute atomic E-state index is 0.0569. The van der Waals surface area contributed by atoms with Crippen molar-refractivity contribution in [3.05, 3.63) is 30.1 Å². The lowest BCUT2D eigenvalue weighted by Gasteiger charge is -2.30. The van der Waals surface area contributed by atoms with Gasteiger partial charge in [0.1, 0.15) is 5.82 Å². The Morgan fingerprint density at radius 3 is 2.48 bits per heavy atom.